The van der Waals surface area contributed by atoms with E-state index in [-0.39, 0.29) is 17.7 Å². The Morgan fingerprint density at radius 2 is 1.85 bits per heavy atom. The summed E-state index contributed by atoms with van der Waals surface area (Å²) in [7, 11) is 3.03. The van der Waals surface area contributed by atoms with Gasteiger partial charge in [0, 0.05) is 25.9 Å². The number of carbonyl (C=O) groups excluding carboxylic acids is 1. The van der Waals surface area contributed by atoms with Gasteiger partial charge in [0.1, 0.15) is 0 Å². The lowest BCUT2D eigenvalue weighted by Gasteiger charge is -2.27. The fourth-order valence-corrected chi connectivity index (χ4v) is 4.38. The van der Waals surface area contributed by atoms with Crippen LogP contribution in [0.25, 0.3) is 0 Å². The Labute approximate surface area is 129 Å². The molecule has 0 aliphatic carbocycles. The van der Waals surface area contributed by atoms with Crippen molar-refractivity contribution < 1.29 is 13.8 Å². The van der Waals surface area contributed by atoms with Crippen molar-refractivity contribution in [3.05, 3.63) is 30.3 Å². The lowest BCUT2D eigenvalue weighted by atomic mass is 10.2. The van der Waals surface area contributed by atoms with Crippen LogP contribution in [-0.4, -0.2) is 31.9 Å². The standard InChI is InChI=1S/C13H20NO3PS2/c1-11(2)14(12-8-6-5-7-9-12)13(15)10-20-18(19,16-3)17-4/h5-9,11H,10H2,1-4H3. The first-order valence-corrected chi connectivity index (χ1v) is 10.4. The highest BCUT2D eigenvalue weighted by Crippen LogP contribution is 2.59. The van der Waals surface area contributed by atoms with Crippen LogP contribution in [-0.2, 0) is 25.6 Å². The first kappa shape index (κ1) is 17.7. The lowest BCUT2D eigenvalue weighted by molar-refractivity contribution is -0.116. The zero-order valence-corrected chi connectivity index (χ0v) is 14.6. The van der Waals surface area contributed by atoms with Crippen LogP contribution in [0.15, 0.2) is 30.3 Å². The van der Waals surface area contributed by atoms with Gasteiger partial charge in [0.05, 0.1) is 5.75 Å². The van der Waals surface area contributed by atoms with Crippen molar-refractivity contribution in [2.75, 3.05) is 24.9 Å². The van der Waals surface area contributed by atoms with Gasteiger partial charge < -0.3 is 13.9 Å². The summed E-state index contributed by atoms with van der Waals surface area (Å²) in [6.07, 6.45) is 0. The zero-order valence-electron chi connectivity index (χ0n) is 12.1. The summed E-state index contributed by atoms with van der Waals surface area (Å²) in [6.45, 7) is 3.97. The Morgan fingerprint density at radius 1 is 1.30 bits per heavy atom. The number of hydrogen-bond donors (Lipinski definition) is 0. The second-order valence-corrected chi connectivity index (χ2v) is 10.8. The van der Waals surface area contributed by atoms with Gasteiger partial charge in [-0.15, -0.1) is 0 Å². The highest BCUT2D eigenvalue weighted by molar-refractivity contribution is 8.68. The lowest BCUT2D eigenvalue weighted by Crippen LogP contribution is -2.38. The van der Waals surface area contributed by atoms with E-state index in [4.69, 9.17) is 20.9 Å². The molecule has 0 saturated carbocycles. The van der Waals surface area contributed by atoms with Crippen molar-refractivity contribution in [1.82, 2.24) is 0 Å². The van der Waals surface area contributed by atoms with Crippen molar-refractivity contribution in [3.63, 3.8) is 0 Å². The van der Waals surface area contributed by atoms with Crippen molar-refractivity contribution in [2.45, 2.75) is 19.9 Å². The van der Waals surface area contributed by atoms with Crippen LogP contribution in [0.1, 0.15) is 13.8 Å². The molecule has 0 spiro atoms. The predicted octanol–water partition coefficient (Wildman–Crippen LogP) is 3.68. The van der Waals surface area contributed by atoms with Gasteiger partial charge in [0.2, 0.25) is 11.6 Å². The van der Waals surface area contributed by atoms with E-state index < -0.39 is 5.69 Å². The number of amides is 1. The van der Waals surface area contributed by atoms with Gasteiger partial charge in [0.15, 0.2) is 0 Å². The molecule has 20 heavy (non-hydrogen) atoms. The summed E-state index contributed by atoms with van der Waals surface area (Å²) in [5, 5.41) is 0. The third-order valence-electron chi connectivity index (χ3n) is 2.61. The van der Waals surface area contributed by atoms with Gasteiger partial charge in [-0.3, -0.25) is 4.79 Å². The van der Waals surface area contributed by atoms with Crippen molar-refractivity contribution in [3.8, 4) is 0 Å². The molecule has 0 aromatic heterocycles. The molecule has 0 aliphatic heterocycles. The van der Waals surface area contributed by atoms with E-state index in [1.54, 1.807) is 4.90 Å². The van der Waals surface area contributed by atoms with Crippen molar-refractivity contribution in [2.24, 2.45) is 0 Å². The molecule has 0 bridgehead atoms. The summed E-state index contributed by atoms with van der Waals surface area (Å²) in [5.41, 5.74) is -1.51. The second kappa shape index (κ2) is 8.15. The van der Waals surface area contributed by atoms with Crippen LogP contribution in [0, 0.1) is 0 Å². The van der Waals surface area contributed by atoms with Crippen molar-refractivity contribution in [1.29, 1.82) is 0 Å². The maximum absolute atomic E-state index is 12.4. The molecule has 1 amide bonds. The van der Waals surface area contributed by atoms with Crippen LogP contribution >= 0.6 is 17.1 Å². The molecular formula is C13H20NO3PS2. The minimum Gasteiger partial charge on any atom is -0.325 e. The SMILES string of the molecule is COP(=S)(OC)SCC(=O)N(c1ccccc1)C(C)C. The van der Waals surface area contributed by atoms with E-state index >= 15 is 0 Å². The van der Waals surface area contributed by atoms with Gasteiger partial charge in [-0.1, -0.05) is 29.6 Å². The molecule has 0 unspecified atom stereocenters. The molecule has 1 rings (SSSR count). The Morgan fingerprint density at radius 3 is 2.30 bits per heavy atom. The molecule has 0 heterocycles. The smallest absolute Gasteiger partial charge is 0.247 e. The number of nitrogens with zero attached hydrogens (tertiary/aromatic N) is 1. The number of anilines is 1. The monoisotopic (exact) mass is 333 g/mol. The number of rotatable bonds is 7. The van der Waals surface area contributed by atoms with Crippen LogP contribution < -0.4 is 4.90 Å². The number of carbonyl (C=O) groups is 1. The average Bonchev–Trinajstić information content (AvgIpc) is 2.46. The van der Waals surface area contributed by atoms with Gasteiger partial charge in [-0.2, -0.15) is 0 Å². The third kappa shape index (κ3) is 4.86. The summed E-state index contributed by atoms with van der Waals surface area (Å²) in [6, 6.07) is 9.68. The minimum absolute atomic E-state index is 0.000440. The Bertz CT molecular complexity index is 474. The predicted molar refractivity (Wildman–Crippen MR) is 89.8 cm³/mol. The maximum Gasteiger partial charge on any atom is 0.247 e. The molecule has 0 atom stereocenters. The molecule has 0 aliphatic rings. The second-order valence-electron chi connectivity index (χ2n) is 4.28. The average molecular weight is 333 g/mol. The van der Waals surface area contributed by atoms with Gasteiger partial charge >= 0.3 is 0 Å². The molecular weight excluding hydrogens is 313 g/mol. The fraction of sp³-hybridized carbons (Fsp3) is 0.462. The maximum atomic E-state index is 12.4. The zero-order chi connectivity index (χ0) is 15.2. The summed E-state index contributed by atoms with van der Waals surface area (Å²) >= 11 is 6.51. The van der Waals surface area contributed by atoms with E-state index in [2.05, 4.69) is 0 Å². The molecule has 112 valence electrons. The quantitative estimate of drug-likeness (QED) is 0.712. The molecule has 7 heteroatoms. The summed E-state index contributed by atoms with van der Waals surface area (Å²) in [5.74, 6) is 0.242. The number of hydrogen-bond acceptors (Lipinski definition) is 5. The van der Waals surface area contributed by atoms with E-state index in [9.17, 15) is 4.79 Å². The van der Waals surface area contributed by atoms with Crippen LogP contribution in [0.5, 0.6) is 0 Å². The molecule has 0 fully saturated rings. The Kier molecular flexibility index (Phi) is 7.20. The van der Waals surface area contributed by atoms with E-state index in [1.165, 1.54) is 25.6 Å². The molecule has 0 radical (unpaired) electrons. The highest BCUT2D eigenvalue weighted by Gasteiger charge is 2.23. The largest absolute Gasteiger partial charge is 0.325 e. The number of benzene rings is 1. The van der Waals surface area contributed by atoms with Crippen LogP contribution in [0.2, 0.25) is 0 Å². The first-order chi connectivity index (χ1) is 9.43. The minimum atomic E-state index is -2.39. The van der Waals surface area contributed by atoms with E-state index in [0.717, 1.165) is 5.69 Å². The molecule has 0 saturated heterocycles. The summed E-state index contributed by atoms with van der Waals surface area (Å²) < 4.78 is 10.4. The third-order valence-corrected chi connectivity index (χ3v) is 8.27. The normalized spacial score (nSPS) is 11.7. The Balaban J connectivity index is 2.79. The first-order valence-electron chi connectivity index (χ1n) is 6.16. The van der Waals surface area contributed by atoms with Crippen LogP contribution in [0.3, 0.4) is 0 Å². The summed E-state index contributed by atoms with van der Waals surface area (Å²) in [4.78, 5) is 14.2. The van der Waals surface area contributed by atoms with E-state index in [1.807, 2.05) is 44.2 Å². The van der Waals surface area contributed by atoms with Gasteiger partial charge in [-0.05, 0) is 37.8 Å². The number of para-hydroxylation sites is 1. The molecule has 1 aromatic carbocycles. The molecule has 1 aromatic rings. The van der Waals surface area contributed by atoms with Gasteiger partial charge in [0.25, 0.3) is 0 Å². The van der Waals surface area contributed by atoms with Crippen molar-refractivity contribution >= 4 is 40.5 Å². The van der Waals surface area contributed by atoms with Gasteiger partial charge in [-0.25, -0.2) is 0 Å². The molecule has 4 nitrogen and oxygen atoms in total. The Hall–Kier alpha value is -0.390. The molecule has 0 N–H and O–H groups in total. The topological polar surface area (TPSA) is 38.8 Å². The van der Waals surface area contributed by atoms with E-state index in [0.29, 0.717) is 0 Å². The van der Waals surface area contributed by atoms with Crippen LogP contribution in [0.4, 0.5) is 5.69 Å². The fourth-order valence-electron chi connectivity index (χ4n) is 1.70. The highest BCUT2D eigenvalue weighted by atomic mass is 32.9.